The normalized spacial score (nSPS) is 15.5. The van der Waals surface area contributed by atoms with Crippen LogP contribution in [0.4, 0.5) is 11.4 Å². The molecule has 6 rings (SSSR count). The number of carbonyl (C=O) groups excluding carboxylic acids is 1. The third-order valence-electron chi connectivity index (χ3n) is 7.25. The Kier molecular flexibility index (Phi) is 7.45. The van der Waals surface area contributed by atoms with Gasteiger partial charge in [-0.05, 0) is 56.9 Å². The first kappa shape index (κ1) is 25.2. The number of nitrogens with zero attached hydrogens (tertiary/aromatic N) is 2. The average molecular weight is 501 g/mol. The fraction of sp³-hybridized carbons (Fsp3) is 0.182. The van der Waals surface area contributed by atoms with Crippen LogP contribution in [0, 0.1) is 0 Å². The van der Waals surface area contributed by atoms with E-state index in [4.69, 9.17) is 5.73 Å². The van der Waals surface area contributed by atoms with Gasteiger partial charge >= 0.3 is 0 Å². The maximum Gasteiger partial charge on any atom is 0.211 e. The van der Waals surface area contributed by atoms with E-state index in [0.29, 0.717) is 12.3 Å². The van der Waals surface area contributed by atoms with Gasteiger partial charge in [0.1, 0.15) is 0 Å². The third kappa shape index (κ3) is 5.28. The van der Waals surface area contributed by atoms with E-state index in [1.165, 1.54) is 27.3 Å². The van der Waals surface area contributed by atoms with E-state index in [1.807, 2.05) is 36.7 Å². The highest BCUT2D eigenvalue weighted by Gasteiger charge is 2.16. The van der Waals surface area contributed by atoms with Crippen LogP contribution in [0.5, 0.6) is 0 Å². The third-order valence-corrected chi connectivity index (χ3v) is 7.25. The predicted octanol–water partition coefficient (Wildman–Crippen LogP) is 7.75. The molecular weight excluding hydrogens is 468 g/mol. The monoisotopic (exact) mass is 500 g/mol. The molecule has 5 heteroatoms. The minimum atomic E-state index is 0.254. The van der Waals surface area contributed by atoms with Gasteiger partial charge in [-0.3, -0.25) is 14.8 Å². The fourth-order valence-electron chi connectivity index (χ4n) is 5.19. The van der Waals surface area contributed by atoms with E-state index in [2.05, 4.69) is 89.8 Å². The van der Waals surface area contributed by atoms with E-state index in [9.17, 15) is 4.79 Å². The Bertz CT molecular complexity index is 1610. The number of nitrogens with one attached hydrogen (secondary N) is 1. The number of nitrogens with two attached hydrogens (primary N) is 1. The van der Waals surface area contributed by atoms with Crippen molar-refractivity contribution in [3.63, 3.8) is 0 Å². The van der Waals surface area contributed by atoms with Crippen LogP contribution >= 0.6 is 0 Å². The Morgan fingerprint density at radius 3 is 1.84 bits per heavy atom. The first-order valence-corrected chi connectivity index (χ1v) is 13.0. The molecule has 0 radical (unpaired) electrons. The Hall–Kier alpha value is -4.51. The fourth-order valence-corrected chi connectivity index (χ4v) is 5.19. The number of benzene rings is 4. The number of aliphatic imine (C=N–C) groups is 2. The maximum absolute atomic E-state index is 10.6. The number of hydrogen-bond donors (Lipinski definition) is 2. The molecule has 2 unspecified atom stereocenters. The predicted molar refractivity (Wildman–Crippen MR) is 161 cm³/mol. The van der Waals surface area contributed by atoms with Gasteiger partial charge < -0.3 is 11.1 Å². The largest absolute Gasteiger partial charge is 0.399 e. The summed E-state index contributed by atoms with van der Waals surface area (Å²) in [5.41, 5.74) is 12.3. The van der Waals surface area contributed by atoms with Crippen molar-refractivity contribution >= 4 is 51.8 Å². The van der Waals surface area contributed by atoms with Crippen molar-refractivity contribution in [1.82, 2.24) is 0 Å². The molecule has 3 N–H and O–H groups in total. The molecule has 4 aromatic rings. The molecular formula is C33H32N4O. The summed E-state index contributed by atoms with van der Waals surface area (Å²) < 4.78 is 0. The Labute approximate surface area is 223 Å². The van der Waals surface area contributed by atoms with Crippen LogP contribution < -0.4 is 11.1 Å². The first-order valence-electron chi connectivity index (χ1n) is 13.0. The summed E-state index contributed by atoms with van der Waals surface area (Å²) in [7, 11) is 0. The van der Waals surface area contributed by atoms with Crippen LogP contribution in [-0.4, -0.2) is 18.8 Å². The molecule has 2 aliphatic heterocycles. The first-order chi connectivity index (χ1) is 18.5. The molecule has 190 valence electrons. The van der Waals surface area contributed by atoms with E-state index >= 15 is 0 Å². The van der Waals surface area contributed by atoms with Crippen molar-refractivity contribution in [1.29, 1.82) is 0 Å². The zero-order valence-corrected chi connectivity index (χ0v) is 21.8. The number of nitrogen functional groups attached to an aromatic ring is 1. The van der Waals surface area contributed by atoms with E-state index in [-0.39, 0.29) is 5.92 Å². The topological polar surface area (TPSA) is 79.8 Å². The molecule has 0 spiro atoms. The van der Waals surface area contributed by atoms with Crippen molar-refractivity contribution in [3.8, 4) is 0 Å². The molecule has 2 aliphatic rings. The van der Waals surface area contributed by atoms with E-state index in [1.54, 1.807) is 0 Å². The lowest BCUT2D eigenvalue weighted by Crippen LogP contribution is -1.98. The standard InChI is InChI=1S/C17H16N2O.C16H16N2/c1-12(17-6-3-9-18-17)15-5-2-4-13-7-8-14(19-11-20)10-16(13)15;1-11(16-6-3-9-18-16)14-5-2-4-12-7-8-13(17)10-15(12)14/h2,4-12H,3H2,1H3,(H,19,20);2,4-11H,3,17H2,1H3. The second-order valence-corrected chi connectivity index (χ2v) is 9.67. The van der Waals surface area contributed by atoms with Crippen LogP contribution in [0.2, 0.25) is 0 Å². The van der Waals surface area contributed by atoms with Crippen molar-refractivity contribution < 1.29 is 4.79 Å². The summed E-state index contributed by atoms with van der Waals surface area (Å²) in [5, 5.41) is 7.51. The van der Waals surface area contributed by atoms with Gasteiger partial charge in [0.15, 0.2) is 0 Å². The molecule has 2 atom stereocenters. The number of amides is 1. The van der Waals surface area contributed by atoms with Crippen LogP contribution in [0.3, 0.4) is 0 Å². The SMILES string of the molecule is CC(C1=CCC=N1)c1cccc2ccc(N)cc12.CC(C1=CCC=N1)c1cccc2ccc(NC=O)cc12. The highest BCUT2D eigenvalue weighted by Crippen LogP contribution is 2.34. The van der Waals surface area contributed by atoms with Gasteiger partial charge in [-0.1, -0.05) is 74.5 Å². The molecule has 0 fully saturated rings. The van der Waals surface area contributed by atoms with Gasteiger partial charge in [-0.15, -0.1) is 0 Å². The van der Waals surface area contributed by atoms with Crippen molar-refractivity contribution in [2.75, 3.05) is 11.1 Å². The zero-order valence-electron chi connectivity index (χ0n) is 21.8. The van der Waals surface area contributed by atoms with Gasteiger partial charge in [0, 0.05) is 59.9 Å². The van der Waals surface area contributed by atoms with Crippen LogP contribution in [-0.2, 0) is 4.79 Å². The lowest BCUT2D eigenvalue weighted by Gasteiger charge is -2.15. The number of anilines is 2. The summed E-state index contributed by atoms with van der Waals surface area (Å²) in [4.78, 5) is 19.5. The quantitative estimate of drug-likeness (QED) is 0.210. The van der Waals surface area contributed by atoms with Crippen molar-refractivity contribution in [2.24, 2.45) is 9.98 Å². The highest BCUT2D eigenvalue weighted by atomic mass is 16.1. The van der Waals surface area contributed by atoms with Crippen molar-refractivity contribution in [2.45, 2.75) is 38.5 Å². The van der Waals surface area contributed by atoms with Gasteiger partial charge in [-0.25, -0.2) is 0 Å². The number of carbonyl (C=O) groups is 1. The summed E-state index contributed by atoms with van der Waals surface area (Å²) >= 11 is 0. The summed E-state index contributed by atoms with van der Waals surface area (Å²) in [6.07, 6.45) is 10.8. The number of rotatable bonds is 6. The molecule has 2 heterocycles. The Balaban J connectivity index is 0.000000156. The highest BCUT2D eigenvalue weighted by molar-refractivity contribution is 5.91. The minimum absolute atomic E-state index is 0.254. The van der Waals surface area contributed by atoms with E-state index in [0.717, 1.165) is 41.0 Å². The van der Waals surface area contributed by atoms with Gasteiger partial charge in [0.05, 0.1) is 0 Å². The van der Waals surface area contributed by atoms with Gasteiger partial charge in [-0.2, -0.15) is 0 Å². The van der Waals surface area contributed by atoms with Crippen LogP contribution in [0.15, 0.2) is 106 Å². The molecule has 0 saturated heterocycles. The van der Waals surface area contributed by atoms with Crippen LogP contribution in [0.1, 0.15) is 49.7 Å². The molecule has 0 bridgehead atoms. The molecule has 0 aromatic heterocycles. The summed E-state index contributed by atoms with van der Waals surface area (Å²) in [6, 6.07) is 24.7. The summed E-state index contributed by atoms with van der Waals surface area (Å²) in [6.45, 7) is 4.37. The lowest BCUT2D eigenvalue weighted by atomic mass is 9.92. The Morgan fingerprint density at radius 2 is 1.32 bits per heavy atom. The number of fused-ring (bicyclic) bond motifs is 2. The average Bonchev–Trinajstić information content (AvgIpc) is 3.67. The minimum Gasteiger partial charge on any atom is -0.399 e. The van der Waals surface area contributed by atoms with Gasteiger partial charge in [0.2, 0.25) is 6.41 Å². The summed E-state index contributed by atoms with van der Waals surface area (Å²) in [5.74, 6) is 0.568. The van der Waals surface area contributed by atoms with Crippen LogP contribution in [0.25, 0.3) is 21.5 Å². The molecule has 5 nitrogen and oxygen atoms in total. The molecule has 0 aliphatic carbocycles. The zero-order chi connectivity index (χ0) is 26.5. The maximum atomic E-state index is 10.6. The van der Waals surface area contributed by atoms with Gasteiger partial charge in [0.25, 0.3) is 0 Å². The number of hydrogen-bond acceptors (Lipinski definition) is 4. The number of allylic oxidation sites excluding steroid dienone is 4. The van der Waals surface area contributed by atoms with E-state index < -0.39 is 0 Å². The Morgan fingerprint density at radius 1 is 0.763 bits per heavy atom. The second kappa shape index (κ2) is 11.3. The van der Waals surface area contributed by atoms with Crippen molar-refractivity contribution in [3.05, 3.63) is 107 Å². The lowest BCUT2D eigenvalue weighted by molar-refractivity contribution is -0.105. The molecule has 0 saturated carbocycles. The molecule has 38 heavy (non-hydrogen) atoms. The second-order valence-electron chi connectivity index (χ2n) is 9.67. The smallest absolute Gasteiger partial charge is 0.211 e. The molecule has 1 amide bonds. The molecule has 4 aromatic carbocycles.